The molecule has 0 aliphatic heterocycles. The lowest BCUT2D eigenvalue weighted by atomic mass is 10.0. The van der Waals surface area contributed by atoms with Crippen LogP contribution in [0.15, 0.2) is 12.1 Å². The van der Waals surface area contributed by atoms with E-state index in [-0.39, 0.29) is 5.91 Å². The summed E-state index contributed by atoms with van der Waals surface area (Å²) in [7, 11) is 0. The Morgan fingerprint density at radius 3 is 1.76 bits per heavy atom. The highest BCUT2D eigenvalue weighted by Gasteiger charge is 2.09. The van der Waals surface area contributed by atoms with E-state index < -0.39 is 0 Å². The fraction of sp³-hybridized carbons (Fsp3) is 0.708. The van der Waals surface area contributed by atoms with Gasteiger partial charge in [0, 0.05) is 13.0 Å². The lowest BCUT2D eigenvalue weighted by Gasteiger charge is -2.12. The Balaban J connectivity index is 2.01. The third kappa shape index (κ3) is 13.1. The molecule has 0 heterocycles. The molecule has 0 saturated carbocycles. The van der Waals surface area contributed by atoms with Crippen LogP contribution in [0.5, 0.6) is 5.75 Å². The van der Waals surface area contributed by atoms with Gasteiger partial charge in [-0.2, -0.15) is 0 Å². The van der Waals surface area contributed by atoms with Crippen LogP contribution in [-0.4, -0.2) is 12.5 Å². The summed E-state index contributed by atoms with van der Waals surface area (Å²) in [5.41, 5.74) is 0.527. The maximum Gasteiger partial charge on any atom is 0.221 e. The van der Waals surface area contributed by atoms with Crippen LogP contribution in [0.1, 0.15) is 104 Å². The van der Waals surface area contributed by atoms with Crippen molar-refractivity contribution in [3.05, 3.63) is 22.2 Å². The Labute approximate surface area is 187 Å². The molecule has 0 aliphatic rings. The van der Waals surface area contributed by atoms with Gasteiger partial charge in [0.1, 0.15) is 5.75 Å². The molecule has 0 radical (unpaired) electrons. The van der Waals surface area contributed by atoms with Crippen molar-refractivity contribution in [3.8, 4) is 5.75 Å². The summed E-state index contributed by atoms with van der Waals surface area (Å²) < 4.78 is 5.78. The van der Waals surface area contributed by atoms with Crippen LogP contribution in [0.2, 0.25) is 10.0 Å². The summed E-state index contributed by atoms with van der Waals surface area (Å²) in [6, 6.07) is 3.30. The maximum absolute atomic E-state index is 11.2. The van der Waals surface area contributed by atoms with E-state index in [1.165, 1.54) is 90.4 Å². The number of anilines is 1. The fourth-order valence-electron chi connectivity index (χ4n) is 3.40. The van der Waals surface area contributed by atoms with Crippen molar-refractivity contribution in [3.63, 3.8) is 0 Å². The van der Waals surface area contributed by atoms with E-state index in [4.69, 9.17) is 27.9 Å². The minimum absolute atomic E-state index is 0.174. The molecular weight excluding hydrogens is 405 g/mol. The van der Waals surface area contributed by atoms with Crippen LogP contribution in [0.4, 0.5) is 5.69 Å². The molecule has 1 aromatic rings. The third-order valence-electron chi connectivity index (χ3n) is 5.09. The number of amides is 1. The Morgan fingerprint density at radius 2 is 1.28 bits per heavy atom. The molecule has 3 nitrogen and oxygen atoms in total. The minimum Gasteiger partial charge on any atom is -0.492 e. The molecule has 0 saturated heterocycles. The van der Waals surface area contributed by atoms with Gasteiger partial charge in [0.25, 0.3) is 0 Å². The molecule has 1 N–H and O–H groups in total. The van der Waals surface area contributed by atoms with E-state index in [1.54, 1.807) is 12.1 Å². The van der Waals surface area contributed by atoms with Crippen molar-refractivity contribution >= 4 is 34.8 Å². The average Bonchev–Trinajstić information content (AvgIpc) is 2.67. The second-order valence-corrected chi connectivity index (χ2v) is 8.70. The number of hydrogen-bond donors (Lipinski definition) is 1. The first-order valence-corrected chi connectivity index (χ1v) is 12.2. The zero-order valence-electron chi connectivity index (χ0n) is 18.3. The topological polar surface area (TPSA) is 38.3 Å². The lowest BCUT2D eigenvalue weighted by Crippen LogP contribution is -2.07. The number of unbranched alkanes of at least 4 members (excludes halogenated alkanes) is 13. The molecule has 0 atom stereocenters. The van der Waals surface area contributed by atoms with Crippen LogP contribution in [0.3, 0.4) is 0 Å². The van der Waals surface area contributed by atoms with Crippen molar-refractivity contribution in [2.45, 2.75) is 104 Å². The first kappa shape index (κ1) is 26.1. The van der Waals surface area contributed by atoms with Gasteiger partial charge < -0.3 is 10.1 Å². The van der Waals surface area contributed by atoms with E-state index in [2.05, 4.69) is 12.2 Å². The van der Waals surface area contributed by atoms with Crippen molar-refractivity contribution in [2.24, 2.45) is 0 Å². The van der Waals surface area contributed by atoms with Gasteiger partial charge in [-0.25, -0.2) is 0 Å². The maximum atomic E-state index is 11.2. The molecule has 0 spiro atoms. The van der Waals surface area contributed by atoms with E-state index in [9.17, 15) is 4.79 Å². The molecule has 1 rings (SSSR count). The molecule has 0 bridgehead atoms. The first-order valence-electron chi connectivity index (χ1n) is 11.4. The summed E-state index contributed by atoms with van der Waals surface area (Å²) >= 11 is 12.3. The highest BCUT2D eigenvalue weighted by molar-refractivity contribution is 6.37. The smallest absolute Gasteiger partial charge is 0.221 e. The Morgan fingerprint density at radius 1 is 0.793 bits per heavy atom. The van der Waals surface area contributed by atoms with Crippen LogP contribution < -0.4 is 10.1 Å². The van der Waals surface area contributed by atoms with Crippen molar-refractivity contribution in [1.82, 2.24) is 0 Å². The van der Waals surface area contributed by atoms with E-state index >= 15 is 0 Å². The molecule has 0 fully saturated rings. The van der Waals surface area contributed by atoms with Crippen molar-refractivity contribution in [1.29, 1.82) is 0 Å². The fourth-order valence-corrected chi connectivity index (χ4v) is 3.89. The number of hydrogen-bond acceptors (Lipinski definition) is 2. The van der Waals surface area contributed by atoms with Crippen molar-refractivity contribution < 1.29 is 9.53 Å². The Kier molecular flexibility index (Phi) is 15.1. The summed E-state index contributed by atoms with van der Waals surface area (Å²) in [5, 5.41) is 3.56. The number of ether oxygens (including phenoxy) is 1. The van der Waals surface area contributed by atoms with E-state index in [0.29, 0.717) is 28.1 Å². The number of carbonyl (C=O) groups excluding carboxylic acids is 1. The monoisotopic (exact) mass is 443 g/mol. The number of nitrogens with one attached hydrogen (secondary N) is 1. The van der Waals surface area contributed by atoms with E-state index in [0.717, 1.165) is 6.42 Å². The lowest BCUT2D eigenvalue weighted by molar-refractivity contribution is -0.114. The van der Waals surface area contributed by atoms with Crippen LogP contribution in [0.25, 0.3) is 0 Å². The first-order chi connectivity index (χ1) is 14.0. The second-order valence-electron chi connectivity index (χ2n) is 7.89. The van der Waals surface area contributed by atoms with Gasteiger partial charge in [0.2, 0.25) is 5.91 Å². The molecule has 0 aliphatic carbocycles. The molecule has 5 heteroatoms. The van der Waals surface area contributed by atoms with Gasteiger partial charge in [-0.15, -0.1) is 0 Å². The van der Waals surface area contributed by atoms with Gasteiger partial charge >= 0.3 is 0 Å². The molecule has 0 aromatic heterocycles. The zero-order chi connectivity index (χ0) is 21.3. The zero-order valence-corrected chi connectivity index (χ0v) is 19.8. The quantitative estimate of drug-likeness (QED) is 0.244. The van der Waals surface area contributed by atoms with Crippen LogP contribution in [0, 0.1) is 0 Å². The van der Waals surface area contributed by atoms with E-state index in [1.807, 2.05) is 0 Å². The van der Waals surface area contributed by atoms with Crippen LogP contribution >= 0.6 is 23.2 Å². The summed E-state index contributed by atoms with van der Waals surface area (Å²) in [5.74, 6) is 0.390. The minimum atomic E-state index is -0.174. The second kappa shape index (κ2) is 16.8. The standard InChI is InChI=1S/C24H39Cl2NO2/c1-3-4-5-6-7-8-9-10-11-12-13-14-15-16-17-29-24-19-23(27-20(2)28)21(25)18-22(24)26/h18-19H,3-17H2,1-2H3,(H,27,28). The largest absolute Gasteiger partial charge is 0.492 e. The van der Waals surface area contributed by atoms with Crippen LogP contribution in [-0.2, 0) is 4.79 Å². The number of rotatable bonds is 17. The predicted octanol–water partition coefficient (Wildman–Crippen LogP) is 8.81. The molecule has 1 amide bonds. The average molecular weight is 444 g/mol. The molecular formula is C24H39Cl2NO2. The predicted molar refractivity (Wildman–Crippen MR) is 127 cm³/mol. The highest BCUT2D eigenvalue weighted by Crippen LogP contribution is 2.34. The van der Waals surface area contributed by atoms with Crippen molar-refractivity contribution in [2.75, 3.05) is 11.9 Å². The third-order valence-corrected chi connectivity index (χ3v) is 5.70. The van der Waals surface area contributed by atoms with Gasteiger partial charge in [-0.1, -0.05) is 114 Å². The van der Waals surface area contributed by atoms with Gasteiger partial charge in [0.15, 0.2) is 0 Å². The molecule has 0 unspecified atom stereocenters. The van der Waals surface area contributed by atoms with Gasteiger partial charge in [0.05, 0.1) is 22.3 Å². The SMILES string of the molecule is CCCCCCCCCCCCCCCCOc1cc(NC(C)=O)c(Cl)cc1Cl. The number of carbonyl (C=O) groups is 1. The number of benzene rings is 1. The Hall–Kier alpha value is -0.930. The summed E-state index contributed by atoms with van der Waals surface area (Å²) in [6.45, 7) is 4.34. The van der Waals surface area contributed by atoms with Gasteiger partial charge in [-0.05, 0) is 12.5 Å². The summed E-state index contributed by atoms with van der Waals surface area (Å²) in [4.78, 5) is 11.2. The molecule has 29 heavy (non-hydrogen) atoms. The molecule has 166 valence electrons. The molecule has 1 aromatic carbocycles. The Bertz CT molecular complexity index is 578. The summed E-state index contributed by atoms with van der Waals surface area (Å²) in [6.07, 6.45) is 18.7. The normalized spacial score (nSPS) is 10.9. The van der Waals surface area contributed by atoms with Gasteiger partial charge in [-0.3, -0.25) is 4.79 Å². The number of halogens is 2. The highest BCUT2D eigenvalue weighted by atomic mass is 35.5.